The highest BCUT2D eigenvalue weighted by Gasteiger charge is 2.42. The number of hydrogen-bond acceptors (Lipinski definition) is 5. The van der Waals surface area contributed by atoms with Gasteiger partial charge in [-0.1, -0.05) is 18.2 Å². The average Bonchev–Trinajstić information content (AvgIpc) is 3.14. The minimum absolute atomic E-state index is 0.114. The van der Waals surface area contributed by atoms with Gasteiger partial charge >= 0.3 is 0 Å². The van der Waals surface area contributed by atoms with Gasteiger partial charge in [-0.25, -0.2) is 0 Å². The molecule has 0 saturated carbocycles. The summed E-state index contributed by atoms with van der Waals surface area (Å²) in [7, 11) is 0. The van der Waals surface area contributed by atoms with E-state index >= 15 is 0 Å². The molecular weight excluding hydrogens is 330 g/mol. The number of carbonyl (C=O) groups excluding carboxylic acids is 1. The molecule has 0 aromatic carbocycles. The normalized spacial score (nSPS) is 27.8. The van der Waals surface area contributed by atoms with E-state index in [4.69, 9.17) is 9.47 Å². The number of ether oxygens (including phenoxy) is 2. The maximum atomic E-state index is 12.9. The number of allylic oxidation sites excluding steroid dienone is 2. The smallest absolute Gasteiger partial charge is 0.226 e. The van der Waals surface area contributed by atoms with Crippen LogP contribution in [0.3, 0.4) is 0 Å². The first-order chi connectivity index (χ1) is 12.7. The Labute approximate surface area is 154 Å². The van der Waals surface area contributed by atoms with Crippen LogP contribution in [0.4, 0.5) is 0 Å². The Bertz CT molecular complexity index is 643. The quantitative estimate of drug-likeness (QED) is 0.767. The molecule has 4 rings (SSSR count). The van der Waals surface area contributed by atoms with E-state index in [1.165, 1.54) is 5.56 Å². The summed E-state index contributed by atoms with van der Waals surface area (Å²) < 4.78 is 12.1. The molecule has 26 heavy (non-hydrogen) atoms. The van der Waals surface area contributed by atoms with E-state index in [0.29, 0.717) is 32.9 Å². The minimum Gasteiger partial charge on any atom is -0.377 e. The average molecular weight is 357 g/mol. The Hall–Kier alpha value is -1.76. The van der Waals surface area contributed by atoms with E-state index in [1.807, 2.05) is 17.2 Å². The molecule has 6 nitrogen and oxygen atoms in total. The van der Waals surface area contributed by atoms with Crippen molar-refractivity contribution in [3.63, 3.8) is 0 Å². The fourth-order valence-corrected chi connectivity index (χ4v) is 4.16. The third kappa shape index (κ3) is 3.98. The fourth-order valence-electron chi connectivity index (χ4n) is 4.16. The summed E-state index contributed by atoms with van der Waals surface area (Å²) in [4.78, 5) is 21.4. The maximum Gasteiger partial charge on any atom is 0.226 e. The zero-order valence-corrected chi connectivity index (χ0v) is 15.2. The first-order valence-electron chi connectivity index (χ1n) is 9.51. The predicted molar refractivity (Wildman–Crippen MR) is 97.5 cm³/mol. The second-order valence-corrected chi connectivity index (χ2v) is 7.56. The standard InChI is InChI=1S/C20H27N3O3/c24-19(18-5-1-2-6-18)23-9-11-26-20(15-23)14-22(8-10-25-16-20)13-17-4-3-7-21-12-17/h1-4,7,12,18H,5-6,8-11,13-16H2/t20-/m0/s1. The van der Waals surface area contributed by atoms with Crippen LogP contribution < -0.4 is 0 Å². The van der Waals surface area contributed by atoms with Gasteiger partial charge in [0.05, 0.1) is 26.4 Å². The summed E-state index contributed by atoms with van der Waals surface area (Å²) in [5.41, 5.74) is 0.754. The van der Waals surface area contributed by atoms with E-state index in [9.17, 15) is 4.79 Å². The second kappa shape index (κ2) is 7.86. The first-order valence-corrected chi connectivity index (χ1v) is 9.51. The first kappa shape index (κ1) is 17.6. The number of rotatable bonds is 3. The van der Waals surface area contributed by atoms with E-state index in [2.05, 4.69) is 28.1 Å². The lowest BCUT2D eigenvalue weighted by atomic mass is 9.99. The van der Waals surface area contributed by atoms with Gasteiger partial charge in [-0.15, -0.1) is 0 Å². The van der Waals surface area contributed by atoms with E-state index in [0.717, 1.165) is 32.5 Å². The lowest BCUT2D eigenvalue weighted by Crippen LogP contribution is -2.60. The number of pyridine rings is 1. The van der Waals surface area contributed by atoms with Crippen molar-refractivity contribution in [3.05, 3.63) is 42.2 Å². The Kier molecular flexibility index (Phi) is 5.33. The summed E-state index contributed by atoms with van der Waals surface area (Å²) in [5.74, 6) is 0.379. The zero-order valence-electron chi connectivity index (χ0n) is 15.2. The van der Waals surface area contributed by atoms with Crippen molar-refractivity contribution in [2.24, 2.45) is 5.92 Å². The van der Waals surface area contributed by atoms with Crippen LogP contribution in [0.2, 0.25) is 0 Å². The Balaban J connectivity index is 1.44. The van der Waals surface area contributed by atoms with Gasteiger partial charge in [-0.3, -0.25) is 14.7 Å². The Morgan fingerprint density at radius 3 is 2.92 bits per heavy atom. The van der Waals surface area contributed by atoms with E-state index in [1.54, 1.807) is 6.20 Å². The lowest BCUT2D eigenvalue weighted by Gasteiger charge is -2.44. The summed E-state index contributed by atoms with van der Waals surface area (Å²) >= 11 is 0. The molecule has 1 aromatic heterocycles. The van der Waals surface area contributed by atoms with Gasteiger partial charge in [-0.2, -0.15) is 0 Å². The van der Waals surface area contributed by atoms with Crippen molar-refractivity contribution in [3.8, 4) is 0 Å². The van der Waals surface area contributed by atoms with Crippen molar-refractivity contribution in [1.29, 1.82) is 0 Å². The molecule has 1 aromatic rings. The van der Waals surface area contributed by atoms with Gasteiger partial charge in [0.2, 0.25) is 5.91 Å². The molecule has 1 atom stereocenters. The van der Waals surface area contributed by atoms with Gasteiger partial charge in [0.1, 0.15) is 5.60 Å². The van der Waals surface area contributed by atoms with Crippen LogP contribution in [-0.4, -0.2) is 72.3 Å². The summed E-state index contributed by atoms with van der Waals surface area (Å²) in [6, 6.07) is 4.06. The lowest BCUT2D eigenvalue weighted by molar-refractivity contribution is -0.164. The summed E-state index contributed by atoms with van der Waals surface area (Å²) in [6.07, 6.45) is 9.66. The third-order valence-electron chi connectivity index (χ3n) is 5.47. The SMILES string of the molecule is O=C(C1CC=CC1)N1CCO[C@]2(COCCN(Cc3cccnc3)C2)C1. The van der Waals surface area contributed by atoms with Crippen LogP contribution in [0.15, 0.2) is 36.7 Å². The molecule has 1 spiro atoms. The Morgan fingerprint density at radius 1 is 1.23 bits per heavy atom. The highest BCUT2D eigenvalue weighted by Crippen LogP contribution is 2.27. The number of carbonyl (C=O) groups is 1. The molecule has 0 bridgehead atoms. The molecule has 0 unspecified atom stereocenters. The molecule has 0 N–H and O–H groups in total. The topological polar surface area (TPSA) is 54.9 Å². The number of nitrogens with zero attached hydrogens (tertiary/aromatic N) is 3. The van der Waals surface area contributed by atoms with Crippen molar-refractivity contribution < 1.29 is 14.3 Å². The fraction of sp³-hybridized carbons (Fsp3) is 0.600. The number of aromatic nitrogens is 1. The molecule has 0 radical (unpaired) electrons. The monoisotopic (exact) mass is 357 g/mol. The van der Waals surface area contributed by atoms with Crippen LogP contribution in [-0.2, 0) is 20.8 Å². The highest BCUT2D eigenvalue weighted by molar-refractivity contribution is 5.79. The molecule has 3 aliphatic rings. The van der Waals surface area contributed by atoms with E-state index < -0.39 is 5.60 Å². The van der Waals surface area contributed by atoms with Crippen molar-refractivity contribution in [2.45, 2.75) is 25.0 Å². The molecule has 2 saturated heterocycles. The molecule has 1 amide bonds. The molecule has 6 heteroatoms. The van der Waals surface area contributed by atoms with Gasteiger partial charge in [0, 0.05) is 44.5 Å². The minimum atomic E-state index is -0.432. The zero-order chi connectivity index (χ0) is 17.8. The maximum absolute atomic E-state index is 12.9. The molecule has 140 valence electrons. The van der Waals surface area contributed by atoms with Gasteiger partial charge in [0.25, 0.3) is 0 Å². The highest BCUT2D eigenvalue weighted by atomic mass is 16.5. The summed E-state index contributed by atoms with van der Waals surface area (Å²) in [5, 5.41) is 0. The second-order valence-electron chi connectivity index (χ2n) is 7.56. The number of amides is 1. The van der Waals surface area contributed by atoms with Crippen molar-refractivity contribution in [2.75, 3.05) is 46.0 Å². The van der Waals surface area contributed by atoms with Gasteiger partial charge < -0.3 is 14.4 Å². The molecule has 2 aliphatic heterocycles. The number of morpholine rings is 1. The van der Waals surface area contributed by atoms with Crippen LogP contribution in [0, 0.1) is 5.92 Å². The van der Waals surface area contributed by atoms with Crippen molar-refractivity contribution >= 4 is 5.91 Å². The predicted octanol–water partition coefficient (Wildman–Crippen LogP) is 1.48. The van der Waals surface area contributed by atoms with Gasteiger partial charge in [-0.05, 0) is 24.5 Å². The van der Waals surface area contributed by atoms with E-state index in [-0.39, 0.29) is 11.8 Å². The molecule has 1 aliphatic carbocycles. The third-order valence-corrected chi connectivity index (χ3v) is 5.47. The van der Waals surface area contributed by atoms with Crippen molar-refractivity contribution in [1.82, 2.24) is 14.8 Å². The molecule has 2 fully saturated rings. The number of hydrogen-bond donors (Lipinski definition) is 0. The molecular formula is C20H27N3O3. The van der Waals surface area contributed by atoms with Crippen LogP contribution in [0.25, 0.3) is 0 Å². The largest absolute Gasteiger partial charge is 0.377 e. The van der Waals surface area contributed by atoms with Crippen LogP contribution in [0.1, 0.15) is 18.4 Å². The summed E-state index contributed by atoms with van der Waals surface area (Å²) in [6.45, 7) is 5.56. The Morgan fingerprint density at radius 2 is 2.12 bits per heavy atom. The molecule has 3 heterocycles. The van der Waals surface area contributed by atoms with Gasteiger partial charge in [0.15, 0.2) is 0 Å². The van der Waals surface area contributed by atoms with Crippen LogP contribution >= 0.6 is 0 Å². The van der Waals surface area contributed by atoms with Crippen LogP contribution in [0.5, 0.6) is 0 Å².